The Morgan fingerprint density at radius 1 is 1.36 bits per heavy atom. The maximum absolute atomic E-state index is 12.0. The first kappa shape index (κ1) is 16.3. The average molecular weight is 304 g/mol. The normalized spacial score (nSPS) is 17.6. The number of nitrogens with zero attached hydrogens (tertiary/aromatic N) is 1. The number of esters is 1. The van der Waals surface area contributed by atoms with Crippen LogP contribution >= 0.6 is 0 Å². The molecular weight excluding hydrogens is 280 g/mol. The molecule has 0 aliphatic carbocycles. The van der Waals surface area contributed by atoms with Crippen LogP contribution in [0.5, 0.6) is 0 Å². The molecule has 0 bridgehead atoms. The molecule has 22 heavy (non-hydrogen) atoms. The first-order valence-corrected chi connectivity index (χ1v) is 7.73. The van der Waals surface area contributed by atoms with Gasteiger partial charge in [0.05, 0.1) is 12.7 Å². The number of benzene rings is 1. The van der Waals surface area contributed by atoms with Crippen molar-refractivity contribution in [2.24, 2.45) is 5.92 Å². The Balaban J connectivity index is 1.99. The van der Waals surface area contributed by atoms with Gasteiger partial charge in [-0.1, -0.05) is 18.2 Å². The number of hydrogen-bond donors (Lipinski definition) is 1. The molecule has 1 N–H and O–H groups in total. The summed E-state index contributed by atoms with van der Waals surface area (Å²) in [5.74, 6) is 0.0757. The van der Waals surface area contributed by atoms with E-state index in [0.29, 0.717) is 11.5 Å². The van der Waals surface area contributed by atoms with Crippen molar-refractivity contribution >= 4 is 12.0 Å². The van der Waals surface area contributed by atoms with Crippen molar-refractivity contribution in [2.75, 3.05) is 20.2 Å². The lowest BCUT2D eigenvalue weighted by Crippen LogP contribution is -2.41. The van der Waals surface area contributed by atoms with E-state index in [4.69, 9.17) is 4.74 Å². The molecule has 1 aromatic rings. The number of urea groups is 1. The molecule has 1 unspecified atom stereocenters. The SMILES string of the molecule is COC(=O)c1ccccc1CC1CCN(C(=O)NC(C)C)C1. The smallest absolute Gasteiger partial charge is 0.338 e. The van der Waals surface area contributed by atoms with Gasteiger partial charge in [0.15, 0.2) is 0 Å². The standard InChI is InChI=1S/C17H24N2O3/c1-12(2)18-17(21)19-9-8-13(11-19)10-14-6-4-5-7-15(14)16(20)22-3/h4-7,12-13H,8-11H2,1-3H3,(H,18,21). The number of carbonyl (C=O) groups is 2. The van der Waals surface area contributed by atoms with E-state index in [1.165, 1.54) is 7.11 Å². The van der Waals surface area contributed by atoms with Crippen LogP contribution in [0.15, 0.2) is 24.3 Å². The number of methoxy groups -OCH3 is 1. The highest BCUT2D eigenvalue weighted by Gasteiger charge is 2.27. The summed E-state index contributed by atoms with van der Waals surface area (Å²) in [4.78, 5) is 25.7. The number of nitrogens with one attached hydrogen (secondary N) is 1. The first-order chi connectivity index (χ1) is 10.5. The van der Waals surface area contributed by atoms with Gasteiger partial charge in [-0.2, -0.15) is 0 Å². The molecule has 1 saturated heterocycles. The van der Waals surface area contributed by atoms with E-state index in [0.717, 1.165) is 31.5 Å². The summed E-state index contributed by atoms with van der Waals surface area (Å²) >= 11 is 0. The zero-order chi connectivity index (χ0) is 16.1. The minimum atomic E-state index is -0.303. The number of carbonyl (C=O) groups excluding carboxylic acids is 2. The molecule has 2 rings (SSSR count). The molecule has 1 heterocycles. The van der Waals surface area contributed by atoms with Crippen LogP contribution < -0.4 is 5.32 Å². The number of hydrogen-bond acceptors (Lipinski definition) is 3. The van der Waals surface area contributed by atoms with Crippen LogP contribution in [-0.4, -0.2) is 43.1 Å². The third kappa shape index (κ3) is 4.00. The Bertz CT molecular complexity index is 542. The Kier molecular flexibility index (Phi) is 5.41. The highest BCUT2D eigenvalue weighted by molar-refractivity contribution is 5.91. The highest BCUT2D eigenvalue weighted by atomic mass is 16.5. The molecule has 5 heteroatoms. The molecule has 1 aliphatic heterocycles. The molecule has 2 amide bonds. The van der Waals surface area contributed by atoms with Crippen LogP contribution in [0.4, 0.5) is 4.79 Å². The third-order valence-electron chi connectivity index (χ3n) is 3.92. The topological polar surface area (TPSA) is 58.6 Å². The molecule has 0 aromatic heterocycles. The van der Waals surface area contributed by atoms with Crippen molar-refractivity contribution in [3.8, 4) is 0 Å². The fourth-order valence-electron chi connectivity index (χ4n) is 2.84. The van der Waals surface area contributed by atoms with Gasteiger partial charge >= 0.3 is 12.0 Å². The summed E-state index contributed by atoms with van der Waals surface area (Å²) in [6, 6.07) is 7.67. The summed E-state index contributed by atoms with van der Waals surface area (Å²) in [6.45, 7) is 5.41. The first-order valence-electron chi connectivity index (χ1n) is 7.73. The van der Waals surface area contributed by atoms with Crippen LogP contribution in [0.2, 0.25) is 0 Å². The van der Waals surface area contributed by atoms with E-state index in [2.05, 4.69) is 5.32 Å². The van der Waals surface area contributed by atoms with Crippen molar-refractivity contribution in [3.05, 3.63) is 35.4 Å². The number of likely N-dealkylation sites (tertiary alicyclic amines) is 1. The van der Waals surface area contributed by atoms with E-state index < -0.39 is 0 Å². The van der Waals surface area contributed by atoms with Gasteiger partial charge in [0.25, 0.3) is 0 Å². The van der Waals surface area contributed by atoms with Crippen molar-refractivity contribution < 1.29 is 14.3 Å². The van der Waals surface area contributed by atoms with E-state index in [1.807, 2.05) is 36.9 Å². The van der Waals surface area contributed by atoms with Gasteiger partial charge in [-0.25, -0.2) is 9.59 Å². The monoisotopic (exact) mass is 304 g/mol. The summed E-state index contributed by atoms with van der Waals surface area (Å²) < 4.78 is 4.83. The lowest BCUT2D eigenvalue weighted by Gasteiger charge is -2.19. The zero-order valence-electron chi connectivity index (χ0n) is 13.5. The number of amides is 2. The quantitative estimate of drug-likeness (QED) is 0.869. The van der Waals surface area contributed by atoms with Crippen LogP contribution in [0, 0.1) is 5.92 Å². The van der Waals surface area contributed by atoms with Gasteiger partial charge < -0.3 is 15.0 Å². The highest BCUT2D eigenvalue weighted by Crippen LogP contribution is 2.23. The van der Waals surface area contributed by atoms with E-state index >= 15 is 0 Å². The molecule has 1 aromatic carbocycles. The van der Waals surface area contributed by atoms with Crippen LogP contribution in [0.25, 0.3) is 0 Å². The fourth-order valence-corrected chi connectivity index (χ4v) is 2.84. The van der Waals surface area contributed by atoms with Gasteiger partial charge in [-0.3, -0.25) is 0 Å². The maximum Gasteiger partial charge on any atom is 0.338 e. The largest absolute Gasteiger partial charge is 0.465 e. The molecule has 0 radical (unpaired) electrons. The van der Waals surface area contributed by atoms with Crippen LogP contribution in [0.1, 0.15) is 36.2 Å². The minimum absolute atomic E-state index is 0.00115. The minimum Gasteiger partial charge on any atom is -0.465 e. The lowest BCUT2D eigenvalue weighted by molar-refractivity contribution is 0.0599. The average Bonchev–Trinajstić information content (AvgIpc) is 2.95. The molecule has 1 fully saturated rings. The lowest BCUT2D eigenvalue weighted by atomic mass is 9.95. The Morgan fingerprint density at radius 2 is 2.09 bits per heavy atom. The van der Waals surface area contributed by atoms with Gasteiger partial charge in [0, 0.05) is 19.1 Å². The summed E-state index contributed by atoms with van der Waals surface area (Å²) in [5, 5.41) is 2.92. The molecule has 0 spiro atoms. The molecule has 5 nitrogen and oxygen atoms in total. The summed E-state index contributed by atoms with van der Waals surface area (Å²) in [6.07, 6.45) is 1.75. The van der Waals surface area contributed by atoms with Crippen LogP contribution in [0.3, 0.4) is 0 Å². The fraction of sp³-hybridized carbons (Fsp3) is 0.529. The Labute approximate surface area is 131 Å². The van der Waals surface area contributed by atoms with E-state index in [1.54, 1.807) is 6.07 Å². The molecule has 1 atom stereocenters. The number of rotatable bonds is 4. The summed E-state index contributed by atoms with van der Waals surface area (Å²) in [7, 11) is 1.40. The second-order valence-electron chi connectivity index (χ2n) is 6.06. The van der Waals surface area contributed by atoms with Gasteiger partial charge in [-0.05, 0) is 44.2 Å². The molecule has 0 saturated carbocycles. The van der Waals surface area contributed by atoms with Crippen LogP contribution in [-0.2, 0) is 11.2 Å². The van der Waals surface area contributed by atoms with Gasteiger partial charge in [0.1, 0.15) is 0 Å². The maximum atomic E-state index is 12.0. The van der Waals surface area contributed by atoms with E-state index in [9.17, 15) is 9.59 Å². The molecular formula is C17H24N2O3. The van der Waals surface area contributed by atoms with Gasteiger partial charge in [0.2, 0.25) is 0 Å². The Morgan fingerprint density at radius 3 is 2.77 bits per heavy atom. The second kappa shape index (κ2) is 7.29. The molecule has 120 valence electrons. The van der Waals surface area contributed by atoms with Gasteiger partial charge in [-0.15, -0.1) is 0 Å². The van der Waals surface area contributed by atoms with E-state index in [-0.39, 0.29) is 18.0 Å². The predicted octanol–water partition coefficient (Wildman–Crippen LogP) is 2.46. The van der Waals surface area contributed by atoms with Crippen molar-refractivity contribution in [1.29, 1.82) is 0 Å². The third-order valence-corrected chi connectivity index (χ3v) is 3.92. The van der Waals surface area contributed by atoms with Crippen molar-refractivity contribution in [2.45, 2.75) is 32.7 Å². The summed E-state index contributed by atoms with van der Waals surface area (Å²) in [5.41, 5.74) is 1.61. The zero-order valence-corrected chi connectivity index (χ0v) is 13.5. The predicted molar refractivity (Wildman–Crippen MR) is 84.8 cm³/mol. The number of ether oxygens (including phenoxy) is 1. The van der Waals surface area contributed by atoms with Crippen molar-refractivity contribution in [1.82, 2.24) is 10.2 Å². The van der Waals surface area contributed by atoms with Crippen molar-refractivity contribution in [3.63, 3.8) is 0 Å². The second-order valence-corrected chi connectivity index (χ2v) is 6.06. The Hall–Kier alpha value is -2.04. The molecule has 1 aliphatic rings.